The van der Waals surface area contributed by atoms with E-state index in [0.717, 1.165) is 28.1 Å². The number of nitroso groups, excluding NO2 is 1. The third-order valence-corrected chi connectivity index (χ3v) is 3.40. The van der Waals surface area contributed by atoms with Crippen molar-refractivity contribution in [1.29, 1.82) is 0 Å². The first kappa shape index (κ1) is 14.8. The number of aryl methyl sites for hydroxylation is 2. The number of pyridine rings is 1. The molecule has 3 aromatic rings. The Morgan fingerprint density at radius 2 is 1.96 bits per heavy atom. The molecular weight excluding hydrogens is 290 g/mol. The largest absolute Gasteiger partial charge is 0.324 e. The maximum atomic E-state index is 10.7. The van der Waals surface area contributed by atoms with Crippen molar-refractivity contribution in [1.82, 2.24) is 15.0 Å². The maximum Gasteiger partial charge on any atom is 0.227 e. The number of benzene rings is 1. The number of rotatable bonds is 4. The van der Waals surface area contributed by atoms with E-state index >= 15 is 0 Å². The summed E-state index contributed by atoms with van der Waals surface area (Å²) in [5.41, 5.74) is 4.86. The van der Waals surface area contributed by atoms with Crippen LogP contribution in [-0.4, -0.2) is 15.0 Å². The van der Waals surface area contributed by atoms with Gasteiger partial charge >= 0.3 is 0 Å². The van der Waals surface area contributed by atoms with Crippen LogP contribution < -0.4 is 5.32 Å². The van der Waals surface area contributed by atoms with Crippen LogP contribution in [0.5, 0.6) is 0 Å². The summed E-state index contributed by atoms with van der Waals surface area (Å²) in [6.07, 6.45) is 5.25. The molecule has 0 amide bonds. The number of nitrogens with zero attached hydrogens (tertiary/aromatic N) is 4. The topological polar surface area (TPSA) is 80.1 Å². The van der Waals surface area contributed by atoms with Gasteiger partial charge in [0.25, 0.3) is 0 Å². The van der Waals surface area contributed by atoms with Gasteiger partial charge in [-0.3, -0.25) is 4.98 Å². The Morgan fingerprint density at radius 1 is 1.09 bits per heavy atom. The van der Waals surface area contributed by atoms with E-state index < -0.39 is 0 Å². The fourth-order valence-corrected chi connectivity index (χ4v) is 2.20. The molecule has 0 saturated heterocycles. The zero-order chi connectivity index (χ0) is 16.2. The van der Waals surface area contributed by atoms with Crippen molar-refractivity contribution in [2.45, 2.75) is 13.8 Å². The monoisotopic (exact) mass is 305 g/mol. The van der Waals surface area contributed by atoms with Gasteiger partial charge in [0.15, 0.2) is 0 Å². The van der Waals surface area contributed by atoms with Crippen molar-refractivity contribution in [2.75, 3.05) is 5.32 Å². The smallest absolute Gasteiger partial charge is 0.227 e. The van der Waals surface area contributed by atoms with Crippen LogP contribution in [0.15, 0.2) is 54.1 Å². The van der Waals surface area contributed by atoms with Crippen LogP contribution in [0.4, 0.5) is 17.3 Å². The predicted octanol–water partition coefficient (Wildman–Crippen LogP) is 4.30. The van der Waals surface area contributed by atoms with E-state index in [0.29, 0.717) is 11.6 Å². The third kappa shape index (κ3) is 3.37. The summed E-state index contributed by atoms with van der Waals surface area (Å²) in [7, 11) is 0. The number of hydrogen-bond donors (Lipinski definition) is 1. The zero-order valence-electron chi connectivity index (χ0n) is 12.8. The highest BCUT2D eigenvalue weighted by molar-refractivity contribution is 5.65. The highest BCUT2D eigenvalue weighted by Gasteiger charge is 2.06. The molecule has 0 spiro atoms. The molecule has 6 heteroatoms. The van der Waals surface area contributed by atoms with Crippen molar-refractivity contribution >= 4 is 17.3 Å². The van der Waals surface area contributed by atoms with E-state index in [9.17, 15) is 4.91 Å². The van der Waals surface area contributed by atoms with Gasteiger partial charge in [0.2, 0.25) is 5.95 Å². The molecule has 0 bridgehead atoms. The average molecular weight is 305 g/mol. The Bertz CT molecular complexity index is 863. The number of hydrogen-bond acceptors (Lipinski definition) is 6. The Morgan fingerprint density at radius 3 is 2.74 bits per heavy atom. The minimum atomic E-state index is 0.358. The van der Waals surface area contributed by atoms with E-state index in [1.165, 1.54) is 0 Å². The lowest BCUT2D eigenvalue weighted by Crippen LogP contribution is -1.99. The minimum Gasteiger partial charge on any atom is -0.324 e. The van der Waals surface area contributed by atoms with Crippen molar-refractivity contribution in [3.63, 3.8) is 0 Å². The lowest BCUT2D eigenvalue weighted by Gasteiger charge is -2.09. The second-order valence-electron chi connectivity index (χ2n) is 5.23. The van der Waals surface area contributed by atoms with Crippen LogP contribution >= 0.6 is 0 Å². The normalized spacial score (nSPS) is 10.3. The lowest BCUT2D eigenvalue weighted by molar-refractivity contribution is 1.16. The molecule has 0 radical (unpaired) electrons. The van der Waals surface area contributed by atoms with Crippen LogP contribution in [0.25, 0.3) is 11.3 Å². The summed E-state index contributed by atoms with van der Waals surface area (Å²) < 4.78 is 0. The van der Waals surface area contributed by atoms with Gasteiger partial charge in [-0.2, -0.15) is 0 Å². The molecule has 0 fully saturated rings. The van der Waals surface area contributed by atoms with Crippen LogP contribution in [0.1, 0.15) is 11.1 Å². The Hall–Kier alpha value is -3.15. The van der Waals surface area contributed by atoms with Crippen LogP contribution in [-0.2, 0) is 0 Å². The predicted molar refractivity (Wildman–Crippen MR) is 89.9 cm³/mol. The summed E-state index contributed by atoms with van der Waals surface area (Å²) in [4.78, 5) is 23.6. The van der Waals surface area contributed by atoms with Crippen LogP contribution in [0.2, 0.25) is 0 Å². The van der Waals surface area contributed by atoms with E-state index in [1.807, 2.05) is 32.0 Å². The molecule has 0 aliphatic rings. The third-order valence-electron chi connectivity index (χ3n) is 3.40. The molecule has 1 N–H and O–H groups in total. The SMILES string of the molecule is Cc1cncc(-c2ccnc(Nc3cc(N=O)ccc3C)n2)c1. The molecule has 6 nitrogen and oxygen atoms in total. The molecular formula is C17H15N5O. The number of nitrogens with one attached hydrogen (secondary N) is 1. The standard InChI is InChI=1S/C17H15N5O/c1-11-7-13(10-18-9-11)15-5-6-19-17(20-15)21-16-8-14(22-23)4-3-12(16)2/h3-10H,1-2H3,(H,19,20,21). The second-order valence-corrected chi connectivity index (χ2v) is 5.23. The van der Waals surface area contributed by atoms with E-state index in [1.54, 1.807) is 30.7 Å². The van der Waals surface area contributed by atoms with Gasteiger partial charge in [0.05, 0.1) is 5.69 Å². The van der Waals surface area contributed by atoms with E-state index in [4.69, 9.17) is 0 Å². The highest BCUT2D eigenvalue weighted by atomic mass is 16.3. The summed E-state index contributed by atoms with van der Waals surface area (Å²) in [5.74, 6) is 0.454. The molecule has 0 saturated carbocycles. The van der Waals surface area contributed by atoms with Crippen LogP contribution in [0, 0.1) is 18.8 Å². The fourth-order valence-electron chi connectivity index (χ4n) is 2.20. The highest BCUT2D eigenvalue weighted by Crippen LogP contribution is 2.25. The van der Waals surface area contributed by atoms with Crippen molar-refractivity contribution in [2.24, 2.45) is 5.18 Å². The number of anilines is 2. The summed E-state index contributed by atoms with van der Waals surface area (Å²) in [5, 5.41) is 6.08. The molecule has 2 heterocycles. The molecule has 0 unspecified atom stereocenters. The number of aromatic nitrogens is 3. The molecule has 1 aromatic carbocycles. The summed E-state index contributed by atoms with van der Waals surface area (Å²) >= 11 is 0. The van der Waals surface area contributed by atoms with Crippen molar-refractivity contribution in [3.8, 4) is 11.3 Å². The first-order valence-electron chi connectivity index (χ1n) is 7.12. The van der Waals surface area contributed by atoms with Gasteiger partial charge in [-0.1, -0.05) is 6.07 Å². The van der Waals surface area contributed by atoms with Crippen LogP contribution in [0.3, 0.4) is 0 Å². The summed E-state index contributed by atoms with van der Waals surface area (Å²) in [6, 6.07) is 9.02. The van der Waals surface area contributed by atoms with Crippen molar-refractivity contribution < 1.29 is 0 Å². The second kappa shape index (κ2) is 6.31. The van der Waals surface area contributed by atoms with E-state index in [-0.39, 0.29) is 0 Å². The molecule has 23 heavy (non-hydrogen) atoms. The first-order chi connectivity index (χ1) is 11.2. The molecule has 0 aliphatic heterocycles. The van der Waals surface area contributed by atoms with Gasteiger partial charge in [-0.25, -0.2) is 9.97 Å². The average Bonchev–Trinajstić information content (AvgIpc) is 2.57. The quantitative estimate of drug-likeness (QED) is 0.727. The maximum absolute atomic E-state index is 10.7. The summed E-state index contributed by atoms with van der Waals surface area (Å²) in [6.45, 7) is 3.92. The minimum absolute atomic E-state index is 0.358. The lowest BCUT2D eigenvalue weighted by atomic mass is 10.1. The molecule has 114 valence electrons. The first-order valence-corrected chi connectivity index (χ1v) is 7.12. The Labute approximate surface area is 133 Å². The van der Waals surface area contributed by atoms with Crippen molar-refractivity contribution in [3.05, 3.63) is 65.0 Å². The molecule has 3 rings (SSSR count). The van der Waals surface area contributed by atoms with Gasteiger partial charge in [0, 0.05) is 29.8 Å². The Balaban J connectivity index is 1.93. The fraction of sp³-hybridized carbons (Fsp3) is 0.118. The molecule has 0 aliphatic carbocycles. The van der Waals surface area contributed by atoms with Gasteiger partial charge in [0.1, 0.15) is 5.69 Å². The molecule has 2 aromatic heterocycles. The van der Waals surface area contributed by atoms with Gasteiger partial charge in [-0.15, -0.1) is 4.91 Å². The zero-order valence-corrected chi connectivity index (χ0v) is 12.8. The van der Waals surface area contributed by atoms with Gasteiger partial charge < -0.3 is 5.32 Å². The van der Waals surface area contributed by atoms with E-state index in [2.05, 4.69) is 25.4 Å². The molecule has 0 atom stereocenters. The Kier molecular flexibility index (Phi) is 4.05. The van der Waals surface area contributed by atoms with Gasteiger partial charge in [-0.05, 0) is 54.4 Å².